The third-order valence-electron chi connectivity index (χ3n) is 3.29. The largest absolute Gasteiger partial charge is 0.393 e. The standard InChI is InChI=1S/C9H13N3O5S/c13-1-9-2-16-7(17-9)4(5(14)6(9)15)12-8-10-3-11-18-8/h3-7,13-15H,1-2H2,(H,10,11,12)/t4-,5-,6-,7+,9+/m1/s1. The van der Waals surface area contributed by atoms with Crippen molar-refractivity contribution < 1.29 is 24.8 Å². The van der Waals surface area contributed by atoms with Crippen LogP contribution in [0.1, 0.15) is 0 Å². The van der Waals surface area contributed by atoms with Gasteiger partial charge in [-0.25, -0.2) is 4.98 Å². The zero-order valence-corrected chi connectivity index (χ0v) is 10.1. The highest BCUT2D eigenvalue weighted by Gasteiger charge is 2.59. The lowest BCUT2D eigenvalue weighted by molar-refractivity contribution is -0.224. The van der Waals surface area contributed by atoms with Gasteiger partial charge in [-0.3, -0.25) is 0 Å². The Labute approximate surface area is 106 Å². The molecule has 2 aliphatic rings. The first kappa shape index (κ1) is 12.2. The molecule has 8 nitrogen and oxygen atoms in total. The second-order valence-corrected chi connectivity index (χ2v) is 5.15. The van der Waals surface area contributed by atoms with E-state index in [0.717, 1.165) is 11.5 Å². The minimum absolute atomic E-state index is 0.0424. The fourth-order valence-electron chi connectivity index (χ4n) is 2.23. The number of aromatic nitrogens is 2. The molecule has 2 aliphatic heterocycles. The lowest BCUT2D eigenvalue weighted by Gasteiger charge is -2.41. The van der Waals surface area contributed by atoms with Gasteiger partial charge in [-0.15, -0.1) is 0 Å². The minimum atomic E-state index is -1.23. The van der Waals surface area contributed by atoms with Crippen LogP contribution in [0.2, 0.25) is 0 Å². The Balaban J connectivity index is 1.81. The van der Waals surface area contributed by atoms with Crippen LogP contribution in [0.3, 0.4) is 0 Å². The van der Waals surface area contributed by atoms with E-state index in [0.29, 0.717) is 5.13 Å². The maximum atomic E-state index is 10.1. The summed E-state index contributed by atoms with van der Waals surface area (Å²) in [5, 5.41) is 32.8. The van der Waals surface area contributed by atoms with Gasteiger partial charge in [0.2, 0.25) is 5.13 Å². The first-order valence-electron chi connectivity index (χ1n) is 5.46. The van der Waals surface area contributed by atoms with Crippen molar-refractivity contribution in [1.82, 2.24) is 9.36 Å². The van der Waals surface area contributed by atoms with Gasteiger partial charge < -0.3 is 30.1 Å². The van der Waals surface area contributed by atoms with Crippen molar-refractivity contribution in [2.75, 3.05) is 18.5 Å². The molecule has 100 valence electrons. The van der Waals surface area contributed by atoms with Crippen molar-refractivity contribution in [2.24, 2.45) is 0 Å². The Kier molecular flexibility index (Phi) is 2.96. The van der Waals surface area contributed by atoms with Gasteiger partial charge in [0.05, 0.1) is 13.2 Å². The van der Waals surface area contributed by atoms with E-state index in [2.05, 4.69) is 14.7 Å². The molecule has 4 N–H and O–H groups in total. The molecule has 0 aromatic carbocycles. The van der Waals surface area contributed by atoms with Crippen molar-refractivity contribution >= 4 is 16.7 Å². The van der Waals surface area contributed by atoms with Gasteiger partial charge in [0.15, 0.2) is 6.29 Å². The molecule has 9 heteroatoms. The number of hydrogen-bond donors (Lipinski definition) is 4. The minimum Gasteiger partial charge on any atom is -0.393 e. The van der Waals surface area contributed by atoms with E-state index >= 15 is 0 Å². The summed E-state index contributed by atoms with van der Waals surface area (Å²) in [5.74, 6) is 0. The Morgan fingerprint density at radius 1 is 1.56 bits per heavy atom. The maximum Gasteiger partial charge on any atom is 0.202 e. The first-order valence-corrected chi connectivity index (χ1v) is 6.23. The van der Waals surface area contributed by atoms with Crippen LogP contribution in [0, 0.1) is 0 Å². The molecule has 0 saturated carbocycles. The number of aliphatic hydroxyl groups excluding tert-OH is 3. The molecule has 3 heterocycles. The van der Waals surface area contributed by atoms with E-state index in [4.69, 9.17) is 9.47 Å². The molecule has 0 radical (unpaired) electrons. The second kappa shape index (κ2) is 4.37. The fourth-order valence-corrected chi connectivity index (χ4v) is 2.71. The fraction of sp³-hybridized carbons (Fsp3) is 0.778. The lowest BCUT2D eigenvalue weighted by atomic mass is 9.88. The number of anilines is 1. The predicted octanol–water partition coefficient (Wildman–Crippen LogP) is -1.84. The van der Waals surface area contributed by atoms with E-state index < -0.39 is 36.7 Å². The van der Waals surface area contributed by atoms with E-state index in [-0.39, 0.29) is 6.61 Å². The number of aliphatic hydroxyl groups is 3. The van der Waals surface area contributed by atoms with Crippen molar-refractivity contribution in [1.29, 1.82) is 0 Å². The van der Waals surface area contributed by atoms with Crippen molar-refractivity contribution in [2.45, 2.75) is 30.1 Å². The zero-order chi connectivity index (χ0) is 12.8. The van der Waals surface area contributed by atoms with Crippen molar-refractivity contribution in [3.63, 3.8) is 0 Å². The summed E-state index contributed by atoms with van der Waals surface area (Å²) >= 11 is 1.13. The summed E-state index contributed by atoms with van der Waals surface area (Å²) in [6.07, 6.45) is -1.71. The first-order chi connectivity index (χ1) is 8.66. The van der Waals surface area contributed by atoms with Crippen molar-refractivity contribution in [3.05, 3.63) is 6.33 Å². The van der Waals surface area contributed by atoms with E-state index in [1.54, 1.807) is 0 Å². The van der Waals surface area contributed by atoms with Gasteiger partial charge in [-0.05, 0) is 0 Å². The molecule has 2 bridgehead atoms. The third kappa shape index (κ3) is 1.71. The van der Waals surface area contributed by atoms with Crippen LogP contribution >= 0.6 is 11.5 Å². The summed E-state index contributed by atoms with van der Waals surface area (Å²) < 4.78 is 14.7. The van der Waals surface area contributed by atoms with Crippen LogP contribution in [0.15, 0.2) is 6.33 Å². The summed E-state index contributed by atoms with van der Waals surface area (Å²) in [5.41, 5.74) is -1.23. The van der Waals surface area contributed by atoms with Crippen LogP contribution in [-0.2, 0) is 9.47 Å². The van der Waals surface area contributed by atoms with Crippen LogP contribution in [0.25, 0.3) is 0 Å². The number of nitrogens with one attached hydrogen (secondary N) is 1. The highest BCUT2D eigenvalue weighted by atomic mass is 32.1. The molecular formula is C9H13N3O5S. The molecule has 3 rings (SSSR count). The van der Waals surface area contributed by atoms with E-state index in [1.165, 1.54) is 6.33 Å². The molecule has 2 fully saturated rings. The maximum absolute atomic E-state index is 10.1. The molecule has 0 unspecified atom stereocenters. The molecule has 5 atom stereocenters. The van der Waals surface area contributed by atoms with Crippen LogP contribution in [-0.4, -0.2) is 68.0 Å². The highest BCUT2D eigenvalue weighted by molar-refractivity contribution is 7.09. The summed E-state index contributed by atoms with van der Waals surface area (Å²) in [4.78, 5) is 3.93. The van der Waals surface area contributed by atoms with Gasteiger partial charge >= 0.3 is 0 Å². The number of nitrogens with zero attached hydrogens (tertiary/aromatic N) is 2. The van der Waals surface area contributed by atoms with Crippen LogP contribution in [0.4, 0.5) is 5.13 Å². The average Bonchev–Trinajstić information content (AvgIpc) is 3.01. The Morgan fingerprint density at radius 2 is 2.39 bits per heavy atom. The van der Waals surface area contributed by atoms with Crippen LogP contribution < -0.4 is 5.32 Å². The monoisotopic (exact) mass is 275 g/mol. The lowest BCUT2D eigenvalue weighted by Crippen LogP contribution is -2.64. The number of rotatable bonds is 3. The second-order valence-electron chi connectivity index (χ2n) is 4.37. The van der Waals surface area contributed by atoms with E-state index in [1.807, 2.05) is 0 Å². The average molecular weight is 275 g/mol. The summed E-state index contributed by atoms with van der Waals surface area (Å²) in [7, 11) is 0. The molecule has 0 aliphatic carbocycles. The normalized spacial score (nSPS) is 43.1. The van der Waals surface area contributed by atoms with Gasteiger partial charge in [-0.2, -0.15) is 4.37 Å². The number of fused-ring (bicyclic) bond motifs is 2. The quantitative estimate of drug-likeness (QED) is 0.508. The Bertz CT molecular complexity index is 418. The van der Waals surface area contributed by atoms with E-state index in [9.17, 15) is 15.3 Å². The smallest absolute Gasteiger partial charge is 0.202 e. The Morgan fingerprint density at radius 3 is 3.06 bits per heavy atom. The number of ether oxygens (including phenoxy) is 2. The van der Waals surface area contributed by atoms with Gasteiger partial charge in [0, 0.05) is 11.5 Å². The van der Waals surface area contributed by atoms with Crippen molar-refractivity contribution in [3.8, 4) is 0 Å². The zero-order valence-electron chi connectivity index (χ0n) is 9.26. The highest BCUT2D eigenvalue weighted by Crippen LogP contribution is 2.37. The molecule has 0 spiro atoms. The van der Waals surface area contributed by atoms with Gasteiger partial charge in [-0.1, -0.05) is 0 Å². The predicted molar refractivity (Wildman–Crippen MR) is 60.0 cm³/mol. The Hall–Kier alpha value is -0.840. The SMILES string of the molecule is OC[C@@]12CO[C@@H](O1)[C@H](Nc1ncns1)[C@@H](O)[C@H]2O. The molecule has 1 aromatic rings. The molecule has 2 saturated heterocycles. The van der Waals surface area contributed by atoms with Gasteiger partial charge in [0.1, 0.15) is 30.2 Å². The van der Waals surface area contributed by atoms with Crippen LogP contribution in [0.5, 0.6) is 0 Å². The molecule has 18 heavy (non-hydrogen) atoms. The summed E-state index contributed by atoms with van der Waals surface area (Å²) in [6, 6.07) is -0.657. The van der Waals surface area contributed by atoms with Gasteiger partial charge in [0.25, 0.3) is 0 Å². The number of hydrogen-bond acceptors (Lipinski definition) is 9. The topological polar surface area (TPSA) is 117 Å². The molecule has 0 amide bonds. The molecular weight excluding hydrogens is 262 g/mol. The molecule has 1 aromatic heterocycles. The summed E-state index contributed by atoms with van der Waals surface area (Å²) in [6.45, 7) is -0.367. The third-order valence-corrected chi connectivity index (χ3v) is 3.88.